The Labute approximate surface area is 578 Å². The van der Waals surface area contributed by atoms with Crippen molar-refractivity contribution in [3.8, 4) is 0 Å². The second-order valence-electron chi connectivity index (χ2n) is 28.4. The molecule has 0 saturated heterocycles. The number of quaternary nitrogens is 1. The highest BCUT2D eigenvalue weighted by Gasteiger charge is 2.22. The van der Waals surface area contributed by atoms with Gasteiger partial charge in [-0.2, -0.15) is 0 Å². The molecule has 0 N–H and O–H groups in total. The van der Waals surface area contributed by atoms with Crippen LogP contribution in [0.1, 0.15) is 393 Å². The third kappa shape index (κ3) is 78.3. The highest BCUT2D eigenvalue weighted by atomic mass is 31.2. The van der Waals surface area contributed by atoms with Gasteiger partial charge in [0.15, 0.2) is 6.10 Å². The molecule has 10 heteroatoms. The maximum Gasteiger partial charge on any atom is 0.306 e. The normalized spacial score (nSPS) is 13.4. The van der Waals surface area contributed by atoms with E-state index in [1.807, 2.05) is 21.1 Å². The van der Waals surface area contributed by atoms with E-state index in [9.17, 15) is 19.0 Å². The fourth-order valence-corrected chi connectivity index (χ4v) is 12.6. The number of phosphoric ester groups is 1. The van der Waals surface area contributed by atoms with Crippen LogP contribution in [0.2, 0.25) is 0 Å². The summed E-state index contributed by atoms with van der Waals surface area (Å²) in [5, 5.41) is 0. The van der Waals surface area contributed by atoms with E-state index in [1.54, 1.807) is 0 Å². The minimum Gasteiger partial charge on any atom is -0.756 e. The van der Waals surface area contributed by atoms with Crippen molar-refractivity contribution in [2.24, 2.45) is 0 Å². The smallest absolute Gasteiger partial charge is 0.306 e. The van der Waals surface area contributed by atoms with Gasteiger partial charge < -0.3 is 27.9 Å². The molecule has 0 aliphatic rings. The summed E-state index contributed by atoms with van der Waals surface area (Å²) in [5.74, 6) is -0.809. The maximum absolute atomic E-state index is 12.9. The molecule has 2 unspecified atom stereocenters. The summed E-state index contributed by atoms with van der Waals surface area (Å²) in [6.07, 6.45) is 100. The predicted octanol–water partition coefficient (Wildman–Crippen LogP) is 26.0. The van der Waals surface area contributed by atoms with Crippen molar-refractivity contribution >= 4 is 19.8 Å². The van der Waals surface area contributed by atoms with E-state index in [2.05, 4.69) is 86.8 Å². The van der Waals surface area contributed by atoms with Crippen molar-refractivity contribution in [2.75, 3.05) is 47.5 Å². The molecule has 0 bridgehead atoms. The average Bonchev–Trinajstić information content (AvgIpc) is 2.30. The Balaban J connectivity index is 3.91. The minimum atomic E-state index is -4.64. The zero-order valence-corrected chi connectivity index (χ0v) is 63.1. The van der Waals surface area contributed by atoms with E-state index in [0.717, 1.165) is 70.6 Å². The van der Waals surface area contributed by atoms with Gasteiger partial charge in [-0.3, -0.25) is 14.2 Å². The van der Waals surface area contributed by atoms with Gasteiger partial charge in [-0.15, -0.1) is 0 Å². The number of rotatable bonds is 75. The van der Waals surface area contributed by atoms with Gasteiger partial charge >= 0.3 is 11.9 Å². The molecule has 544 valence electrons. The average molecular weight is 1330 g/mol. The van der Waals surface area contributed by atoms with E-state index >= 15 is 0 Å². The van der Waals surface area contributed by atoms with Crippen molar-refractivity contribution in [2.45, 2.75) is 399 Å². The van der Waals surface area contributed by atoms with Gasteiger partial charge in [0.2, 0.25) is 0 Å². The number of unbranched alkanes of at least 4 members (excludes halogenated alkanes) is 49. The van der Waals surface area contributed by atoms with Crippen LogP contribution in [-0.2, 0) is 32.7 Å². The van der Waals surface area contributed by atoms with Gasteiger partial charge in [0.25, 0.3) is 7.82 Å². The van der Waals surface area contributed by atoms with Gasteiger partial charge in [-0.1, -0.05) is 389 Å². The molecule has 0 aliphatic carbocycles. The quantitative estimate of drug-likeness (QED) is 0.0195. The lowest BCUT2D eigenvalue weighted by Crippen LogP contribution is -2.37. The number of hydrogen-bond acceptors (Lipinski definition) is 8. The van der Waals surface area contributed by atoms with E-state index in [1.165, 1.54) is 289 Å². The molecule has 93 heavy (non-hydrogen) atoms. The Morgan fingerprint density at radius 1 is 0.344 bits per heavy atom. The second-order valence-corrected chi connectivity index (χ2v) is 29.8. The summed E-state index contributed by atoms with van der Waals surface area (Å²) in [4.78, 5) is 38.2. The first-order valence-corrected chi connectivity index (χ1v) is 41.6. The molecule has 0 amide bonds. The van der Waals surface area contributed by atoms with Crippen LogP contribution in [0.4, 0.5) is 0 Å². The first-order valence-electron chi connectivity index (χ1n) is 40.1. The number of allylic oxidation sites excluding steroid dienone is 12. The van der Waals surface area contributed by atoms with Gasteiger partial charge in [0, 0.05) is 12.8 Å². The standard InChI is InChI=1S/C83H154NO8P/c1-6-8-10-12-14-16-18-20-22-24-26-28-30-32-34-36-37-38-39-40-41-42-43-44-45-46-47-48-50-52-54-56-58-60-62-64-66-68-70-72-74-76-83(86)92-81(80-91-93(87,88)90-78-77-84(3,4)5)79-89-82(85)75-73-71-69-67-65-63-61-59-57-55-53-51-49-35-33-31-29-27-25-23-21-19-17-15-13-11-9-7-2/h8,10,14,16,20,22,26,28,32,34,37-38,81H,6-7,9,11-13,15,17-19,21,23-25,27,29-31,33,35-36,39-80H2,1-5H3/b10-8-,16-14-,22-20-,28-26-,34-32-,38-37-. The first kappa shape index (κ1) is 90.5. The third-order valence-electron chi connectivity index (χ3n) is 18.0. The first-order chi connectivity index (χ1) is 45.5. The predicted molar refractivity (Wildman–Crippen MR) is 402 cm³/mol. The van der Waals surface area contributed by atoms with Crippen LogP contribution in [0, 0.1) is 0 Å². The van der Waals surface area contributed by atoms with Gasteiger partial charge in [-0.25, -0.2) is 0 Å². The van der Waals surface area contributed by atoms with E-state index in [-0.39, 0.29) is 32.0 Å². The maximum atomic E-state index is 12.9. The highest BCUT2D eigenvalue weighted by Crippen LogP contribution is 2.38. The fraction of sp³-hybridized carbons (Fsp3) is 0.831. The summed E-state index contributed by atoms with van der Waals surface area (Å²) in [6.45, 7) is 4.20. The van der Waals surface area contributed by atoms with E-state index in [0.29, 0.717) is 17.4 Å². The number of esters is 2. The number of carbonyl (C=O) groups is 2. The van der Waals surface area contributed by atoms with Crippen LogP contribution >= 0.6 is 7.82 Å². The van der Waals surface area contributed by atoms with Crippen LogP contribution in [0.3, 0.4) is 0 Å². The lowest BCUT2D eigenvalue weighted by atomic mass is 10.0. The molecule has 0 aromatic carbocycles. The highest BCUT2D eigenvalue weighted by molar-refractivity contribution is 7.45. The SMILES string of the molecule is CC/C=C\C/C=C\C/C=C\C/C=C\C/C=C\C/C=C\CCCCCCCCCCCCCCCCCCCCCCCCC(=O)OC(COC(=O)CCCCCCCCCCCCCCCCCCCCCCCCCCCCCC)COP(=O)([O-])OCC[N+](C)(C)C. The minimum absolute atomic E-state index is 0.0284. The fourth-order valence-electron chi connectivity index (χ4n) is 11.9. The van der Waals surface area contributed by atoms with Crippen LogP contribution in [0.25, 0.3) is 0 Å². The zero-order valence-electron chi connectivity index (χ0n) is 62.2. The lowest BCUT2D eigenvalue weighted by molar-refractivity contribution is -0.870. The summed E-state index contributed by atoms with van der Waals surface area (Å²) >= 11 is 0. The van der Waals surface area contributed by atoms with Crippen molar-refractivity contribution in [3.05, 3.63) is 72.9 Å². The second kappa shape index (κ2) is 73.7. The zero-order chi connectivity index (χ0) is 67.6. The number of phosphoric acid groups is 1. The monoisotopic (exact) mass is 1320 g/mol. The molecular formula is C83H154NO8P. The Kier molecular flexibility index (Phi) is 71.7. The third-order valence-corrected chi connectivity index (χ3v) is 19.0. The molecule has 0 aliphatic heterocycles. The molecule has 0 fully saturated rings. The number of carbonyl (C=O) groups excluding carboxylic acids is 2. The van der Waals surface area contributed by atoms with E-state index in [4.69, 9.17) is 18.5 Å². The van der Waals surface area contributed by atoms with Crippen LogP contribution < -0.4 is 4.89 Å². The largest absolute Gasteiger partial charge is 0.756 e. The Bertz CT molecular complexity index is 1800. The number of likely N-dealkylation sites (N-methyl/N-ethyl adjacent to an activating group) is 1. The summed E-state index contributed by atoms with van der Waals surface area (Å²) in [5.41, 5.74) is 0. The summed E-state index contributed by atoms with van der Waals surface area (Å²) in [7, 11) is 1.19. The molecule has 0 aromatic rings. The summed E-state index contributed by atoms with van der Waals surface area (Å²) in [6, 6.07) is 0. The molecule has 0 aromatic heterocycles. The lowest BCUT2D eigenvalue weighted by Gasteiger charge is -2.28. The number of ether oxygens (including phenoxy) is 2. The molecule has 9 nitrogen and oxygen atoms in total. The Morgan fingerprint density at radius 2 is 0.613 bits per heavy atom. The van der Waals surface area contributed by atoms with E-state index < -0.39 is 26.5 Å². The van der Waals surface area contributed by atoms with Crippen molar-refractivity contribution in [3.63, 3.8) is 0 Å². The van der Waals surface area contributed by atoms with Crippen LogP contribution in [0.5, 0.6) is 0 Å². The molecule has 0 rings (SSSR count). The number of hydrogen-bond donors (Lipinski definition) is 0. The van der Waals surface area contributed by atoms with Crippen molar-refractivity contribution in [1.29, 1.82) is 0 Å². The van der Waals surface area contributed by atoms with Crippen LogP contribution in [-0.4, -0.2) is 70.0 Å². The van der Waals surface area contributed by atoms with Gasteiger partial charge in [0.05, 0.1) is 27.7 Å². The van der Waals surface area contributed by atoms with Crippen molar-refractivity contribution in [1.82, 2.24) is 0 Å². The Morgan fingerprint density at radius 3 is 0.914 bits per heavy atom. The molecule has 0 spiro atoms. The molecule has 0 radical (unpaired) electrons. The Hall–Kier alpha value is -2.55. The number of nitrogens with zero attached hydrogens (tertiary/aromatic N) is 1. The topological polar surface area (TPSA) is 111 Å². The molecule has 0 heterocycles. The van der Waals surface area contributed by atoms with Gasteiger partial charge in [0.1, 0.15) is 19.8 Å². The molecule has 0 saturated carbocycles. The van der Waals surface area contributed by atoms with Crippen LogP contribution in [0.15, 0.2) is 72.9 Å². The van der Waals surface area contributed by atoms with Crippen molar-refractivity contribution < 1.29 is 42.1 Å². The molecular weight excluding hydrogens is 1170 g/mol. The summed E-state index contributed by atoms with van der Waals surface area (Å²) < 4.78 is 34.4. The van der Waals surface area contributed by atoms with Gasteiger partial charge in [-0.05, 0) is 64.2 Å². The molecule has 2 atom stereocenters.